The molecule has 2 amide bonds. The van der Waals surface area contributed by atoms with Gasteiger partial charge in [0, 0.05) is 18.8 Å². The van der Waals surface area contributed by atoms with Crippen molar-refractivity contribution in [1.29, 1.82) is 0 Å². The highest BCUT2D eigenvalue weighted by Crippen LogP contribution is 2.23. The Morgan fingerprint density at radius 1 is 1.00 bits per heavy atom. The standard InChI is InChI=1S/C22H24N4O3/c27-20-15-19(24-22(25-20)26-13-5-2-6-14-26)21(28)23-16-9-11-18(12-10-16)29-17-7-3-1-4-8-17/h1,3-4,7-12,19H,2,5-6,13-15H2,(H,23,28)(H,24,25,27)/t19-/m0/s1. The zero-order valence-electron chi connectivity index (χ0n) is 16.1. The van der Waals surface area contributed by atoms with Crippen LogP contribution >= 0.6 is 0 Å². The van der Waals surface area contributed by atoms with Gasteiger partial charge < -0.3 is 15.0 Å². The van der Waals surface area contributed by atoms with Crippen LogP contribution in [0.4, 0.5) is 5.69 Å². The monoisotopic (exact) mass is 392 g/mol. The van der Waals surface area contributed by atoms with Gasteiger partial charge in [-0.15, -0.1) is 0 Å². The second-order valence-corrected chi connectivity index (χ2v) is 7.20. The molecule has 7 heteroatoms. The van der Waals surface area contributed by atoms with Crippen molar-refractivity contribution in [2.75, 3.05) is 18.4 Å². The van der Waals surface area contributed by atoms with Gasteiger partial charge in [-0.1, -0.05) is 18.2 Å². The summed E-state index contributed by atoms with van der Waals surface area (Å²) in [6.45, 7) is 1.71. The lowest BCUT2D eigenvalue weighted by atomic mass is 10.1. The molecule has 2 aromatic carbocycles. The van der Waals surface area contributed by atoms with Crippen molar-refractivity contribution < 1.29 is 14.3 Å². The molecule has 0 spiro atoms. The Morgan fingerprint density at radius 2 is 1.69 bits per heavy atom. The summed E-state index contributed by atoms with van der Waals surface area (Å²) >= 11 is 0. The maximum absolute atomic E-state index is 12.7. The van der Waals surface area contributed by atoms with Gasteiger partial charge in [-0.05, 0) is 55.7 Å². The van der Waals surface area contributed by atoms with Gasteiger partial charge in [-0.3, -0.25) is 14.9 Å². The molecule has 0 radical (unpaired) electrons. The lowest BCUT2D eigenvalue weighted by Gasteiger charge is -2.32. The first kappa shape index (κ1) is 19.0. The van der Waals surface area contributed by atoms with Gasteiger partial charge in [0.25, 0.3) is 0 Å². The number of rotatable bonds is 4. The largest absolute Gasteiger partial charge is 0.457 e. The number of guanidine groups is 1. The Kier molecular flexibility index (Phi) is 5.74. The molecule has 4 rings (SSSR count). The molecule has 2 aliphatic heterocycles. The fraction of sp³-hybridized carbons (Fsp3) is 0.318. The molecule has 0 aliphatic carbocycles. The summed E-state index contributed by atoms with van der Waals surface area (Å²) in [5.41, 5.74) is 0.635. The first-order valence-corrected chi connectivity index (χ1v) is 9.94. The van der Waals surface area contributed by atoms with E-state index in [2.05, 4.69) is 20.5 Å². The van der Waals surface area contributed by atoms with Gasteiger partial charge in [-0.2, -0.15) is 0 Å². The number of piperidine rings is 1. The number of likely N-dealkylation sites (tertiary alicyclic amines) is 1. The first-order chi connectivity index (χ1) is 14.2. The van der Waals surface area contributed by atoms with Crippen molar-refractivity contribution in [3.8, 4) is 11.5 Å². The summed E-state index contributed by atoms with van der Waals surface area (Å²) in [5, 5.41) is 5.65. The van der Waals surface area contributed by atoms with Crippen LogP contribution < -0.4 is 15.4 Å². The SMILES string of the molecule is O=C1C[C@@H](C(=O)Nc2ccc(Oc3ccccc3)cc2)N=C(N2CCCCC2)N1. The molecule has 0 saturated carbocycles. The van der Waals surface area contributed by atoms with Crippen LogP contribution in [0, 0.1) is 0 Å². The molecular weight excluding hydrogens is 368 g/mol. The highest BCUT2D eigenvalue weighted by Gasteiger charge is 2.29. The van der Waals surface area contributed by atoms with E-state index in [1.807, 2.05) is 30.3 Å². The molecule has 7 nitrogen and oxygen atoms in total. The smallest absolute Gasteiger partial charge is 0.249 e. The van der Waals surface area contributed by atoms with Gasteiger partial charge in [0.1, 0.15) is 17.5 Å². The van der Waals surface area contributed by atoms with E-state index in [4.69, 9.17) is 4.74 Å². The zero-order valence-corrected chi connectivity index (χ0v) is 16.1. The number of anilines is 1. The summed E-state index contributed by atoms with van der Waals surface area (Å²) in [6, 6.07) is 15.9. The molecule has 1 atom stereocenters. The Hall–Kier alpha value is -3.35. The van der Waals surface area contributed by atoms with Crippen molar-refractivity contribution in [2.24, 2.45) is 4.99 Å². The summed E-state index contributed by atoms with van der Waals surface area (Å²) in [4.78, 5) is 31.3. The van der Waals surface area contributed by atoms with Crippen LogP contribution in [0.25, 0.3) is 0 Å². The maximum atomic E-state index is 12.7. The third-order valence-electron chi connectivity index (χ3n) is 4.97. The molecular formula is C22H24N4O3. The second-order valence-electron chi connectivity index (χ2n) is 7.20. The van der Waals surface area contributed by atoms with E-state index in [9.17, 15) is 9.59 Å². The number of nitrogens with one attached hydrogen (secondary N) is 2. The van der Waals surface area contributed by atoms with E-state index in [-0.39, 0.29) is 18.2 Å². The second kappa shape index (κ2) is 8.77. The normalized spacial score (nSPS) is 19.2. The van der Waals surface area contributed by atoms with Crippen molar-refractivity contribution >= 4 is 23.5 Å². The number of nitrogens with zero attached hydrogens (tertiary/aromatic N) is 2. The minimum Gasteiger partial charge on any atom is -0.457 e. The van der Waals surface area contributed by atoms with E-state index in [1.54, 1.807) is 24.3 Å². The summed E-state index contributed by atoms with van der Waals surface area (Å²) < 4.78 is 5.76. The lowest BCUT2D eigenvalue weighted by molar-refractivity contribution is -0.125. The topological polar surface area (TPSA) is 83.0 Å². The van der Waals surface area contributed by atoms with Gasteiger partial charge in [-0.25, -0.2) is 4.99 Å². The maximum Gasteiger partial charge on any atom is 0.249 e. The quantitative estimate of drug-likeness (QED) is 0.837. The number of para-hydroxylation sites is 1. The van der Waals surface area contributed by atoms with Gasteiger partial charge >= 0.3 is 0 Å². The molecule has 0 bridgehead atoms. The first-order valence-electron chi connectivity index (χ1n) is 9.94. The van der Waals surface area contributed by atoms with Crippen LogP contribution in [0.5, 0.6) is 11.5 Å². The van der Waals surface area contributed by atoms with E-state index in [1.165, 1.54) is 6.42 Å². The Labute approximate surface area is 169 Å². The highest BCUT2D eigenvalue weighted by molar-refractivity contribution is 6.05. The number of hydrogen-bond acceptors (Lipinski definition) is 5. The number of hydrogen-bond donors (Lipinski definition) is 2. The Balaban J connectivity index is 1.39. The molecule has 29 heavy (non-hydrogen) atoms. The van der Waals surface area contributed by atoms with Gasteiger partial charge in [0.15, 0.2) is 0 Å². The third kappa shape index (κ3) is 4.93. The van der Waals surface area contributed by atoms with Crippen molar-refractivity contribution in [2.45, 2.75) is 31.7 Å². The predicted octanol–water partition coefficient (Wildman–Crippen LogP) is 3.15. The highest BCUT2D eigenvalue weighted by atomic mass is 16.5. The van der Waals surface area contributed by atoms with Crippen LogP contribution in [0.2, 0.25) is 0 Å². The van der Waals surface area contributed by atoms with Crippen LogP contribution in [-0.4, -0.2) is 41.8 Å². The van der Waals surface area contributed by atoms with Crippen LogP contribution in [0.1, 0.15) is 25.7 Å². The fourth-order valence-electron chi connectivity index (χ4n) is 3.45. The molecule has 2 heterocycles. The number of ether oxygens (including phenoxy) is 1. The zero-order chi connectivity index (χ0) is 20.1. The number of aliphatic imine (C=N–C) groups is 1. The van der Waals surface area contributed by atoms with Crippen LogP contribution in [-0.2, 0) is 9.59 Å². The predicted molar refractivity (Wildman–Crippen MR) is 111 cm³/mol. The molecule has 0 aromatic heterocycles. The molecule has 1 saturated heterocycles. The van der Waals surface area contributed by atoms with E-state index in [0.717, 1.165) is 31.7 Å². The molecule has 2 aromatic rings. The minimum absolute atomic E-state index is 0.0539. The summed E-state index contributed by atoms with van der Waals surface area (Å²) in [5.74, 6) is 1.49. The molecule has 1 fully saturated rings. The molecule has 150 valence electrons. The van der Waals surface area contributed by atoms with Gasteiger partial charge in [0.2, 0.25) is 17.8 Å². The average Bonchev–Trinajstić information content (AvgIpc) is 2.76. The Morgan fingerprint density at radius 3 is 2.41 bits per heavy atom. The van der Waals surface area contributed by atoms with E-state index in [0.29, 0.717) is 17.4 Å². The number of amides is 2. The van der Waals surface area contributed by atoms with E-state index >= 15 is 0 Å². The number of carbonyl (C=O) groups is 2. The molecule has 2 aliphatic rings. The average molecular weight is 392 g/mol. The molecule has 0 unspecified atom stereocenters. The van der Waals surface area contributed by atoms with E-state index < -0.39 is 6.04 Å². The summed E-state index contributed by atoms with van der Waals surface area (Å²) in [6.07, 6.45) is 3.39. The Bertz CT molecular complexity index is 890. The van der Waals surface area contributed by atoms with Crippen molar-refractivity contribution in [3.05, 3.63) is 54.6 Å². The lowest BCUT2D eigenvalue weighted by Crippen LogP contribution is -2.51. The minimum atomic E-state index is -0.721. The summed E-state index contributed by atoms with van der Waals surface area (Å²) in [7, 11) is 0. The third-order valence-corrected chi connectivity index (χ3v) is 4.97. The molecule has 2 N–H and O–H groups in total. The van der Waals surface area contributed by atoms with Crippen molar-refractivity contribution in [1.82, 2.24) is 10.2 Å². The van der Waals surface area contributed by atoms with Crippen LogP contribution in [0.15, 0.2) is 59.6 Å². The fourth-order valence-corrected chi connectivity index (χ4v) is 3.45. The number of benzene rings is 2. The number of carbonyl (C=O) groups excluding carboxylic acids is 2. The van der Waals surface area contributed by atoms with Crippen molar-refractivity contribution in [3.63, 3.8) is 0 Å². The van der Waals surface area contributed by atoms with Gasteiger partial charge in [0.05, 0.1) is 6.42 Å². The van der Waals surface area contributed by atoms with Crippen LogP contribution in [0.3, 0.4) is 0 Å².